The molecule has 1 aliphatic rings. The molecule has 170 valence electrons. The Kier molecular flexibility index (Phi) is 13.0. The largest absolute Gasteiger partial charge is 0.466 e. The molecule has 0 saturated carbocycles. The molecule has 0 bridgehead atoms. The van der Waals surface area contributed by atoms with Gasteiger partial charge in [-0.15, -0.1) is 24.0 Å². The van der Waals surface area contributed by atoms with E-state index in [1.165, 1.54) is 5.56 Å². The van der Waals surface area contributed by atoms with E-state index in [4.69, 9.17) is 9.73 Å². The summed E-state index contributed by atoms with van der Waals surface area (Å²) < 4.78 is 5.17. The minimum Gasteiger partial charge on any atom is -0.466 e. The van der Waals surface area contributed by atoms with Gasteiger partial charge >= 0.3 is 5.97 Å². The second kappa shape index (κ2) is 14.6. The molecule has 1 aromatic carbocycles. The molecule has 7 heteroatoms. The number of ether oxygens (including phenoxy) is 1. The van der Waals surface area contributed by atoms with Crippen molar-refractivity contribution >= 4 is 35.9 Å². The smallest absolute Gasteiger partial charge is 0.309 e. The van der Waals surface area contributed by atoms with E-state index in [1.54, 1.807) is 0 Å². The molecule has 1 unspecified atom stereocenters. The van der Waals surface area contributed by atoms with Crippen LogP contribution in [0.4, 0.5) is 0 Å². The SMILES string of the molecule is CCNC(=NCCC(C)N(C)Cc1ccccc1)N1CCC(C(=O)OCC)CC1.I. The summed E-state index contributed by atoms with van der Waals surface area (Å²) in [6, 6.07) is 11.0. The third-order valence-corrected chi connectivity index (χ3v) is 5.59. The quantitative estimate of drug-likeness (QED) is 0.228. The van der Waals surface area contributed by atoms with Gasteiger partial charge in [-0.25, -0.2) is 0 Å². The first-order chi connectivity index (χ1) is 14.0. The predicted molar refractivity (Wildman–Crippen MR) is 134 cm³/mol. The lowest BCUT2D eigenvalue weighted by Crippen LogP contribution is -2.46. The molecule has 30 heavy (non-hydrogen) atoms. The lowest BCUT2D eigenvalue weighted by atomic mass is 9.97. The normalized spacial score (nSPS) is 16.2. The molecule has 1 N–H and O–H groups in total. The number of aliphatic imine (C=N–C) groups is 1. The lowest BCUT2D eigenvalue weighted by Gasteiger charge is -2.33. The first kappa shape index (κ1) is 26.7. The van der Waals surface area contributed by atoms with E-state index >= 15 is 0 Å². The first-order valence-corrected chi connectivity index (χ1v) is 11.0. The highest BCUT2D eigenvalue weighted by atomic mass is 127. The van der Waals surface area contributed by atoms with Gasteiger partial charge in [0, 0.05) is 38.8 Å². The van der Waals surface area contributed by atoms with Crippen molar-refractivity contribution in [3.05, 3.63) is 35.9 Å². The molecular formula is C23H39IN4O2. The molecule has 0 radical (unpaired) electrons. The molecule has 1 fully saturated rings. The second-order valence-electron chi connectivity index (χ2n) is 7.79. The van der Waals surface area contributed by atoms with Gasteiger partial charge in [-0.3, -0.25) is 14.7 Å². The zero-order chi connectivity index (χ0) is 21.1. The fourth-order valence-electron chi connectivity index (χ4n) is 3.62. The standard InChI is InChI=1S/C23H38N4O2.HI/c1-5-24-23(27-16-13-21(14-17-27)22(28)29-6-2)25-15-12-19(3)26(4)18-20-10-8-7-9-11-20;/h7-11,19,21H,5-6,12-18H2,1-4H3,(H,24,25);1H. The molecule has 0 aliphatic carbocycles. The van der Waals surface area contributed by atoms with Gasteiger partial charge in [0.25, 0.3) is 0 Å². The molecule has 1 heterocycles. The average molecular weight is 530 g/mol. The molecule has 1 aromatic rings. The van der Waals surface area contributed by atoms with Crippen molar-refractivity contribution in [2.75, 3.05) is 39.8 Å². The van der Waals surface area contributed by atoms with Crippen LogP contribution in [-0.2, 0) is 16.1 Å². The summed E-state index contributed by atoms with van der Waals surface area (Å²) in [7, 11) is 2.17. The molecule has 0 amide bonds. The number of hydrogen-bond acceptors (Lipinski definition) is 4. The Balaban J connectivity index is 0.00000450. The number of nitrogens with zero attached hydrogens (tertiary/aromatic N) is 3. The van der Waals surface area contributed by atoms with Gasteiger partial charge in [0.15, 0.2) is 5.96 Å². The average Bonchev–Trinajstić information content (AvgIpc) is 2.74. The van der Waals surface area contributed by atoms with Crippen molar-refractivity contribution < 1.29 is 9.53 Å². The third kappa shape index (κ3) is 8.79. The van der Waals surface area contributed by atoms with Gasteiger partial charge in [-0.05, 0) is 52.6 Å². The fourth-order valence-corrected chi connectivity index (χ4v) is 3.62. The number of halogens is 1. The summed E-state index contributed by atoms with van der Waals surface area (Å²) in [6.07, 6.45) is 2.68. The van der Waals surface area contributed by atoms with Gasteiger partial charge in [-0.2, -0.15) is 0 Å². The number of carbonyl (C=O) groups is 1. The van der Waals surface area contributed by atoms with E-state index in [1.807, 2.05) is 6.92 Å². The van der Waals surface area contributed by atoms with Crippen molar-refractivity contribution in [2.24, 2.45) is 10.9 Å². The minimum absolute atomic E-state index is 0. The number of hydrogen-bond donors (Lipinski definition) is 1. The van der Waals surface area contributed by atoms with Crippen molar-refractivity contribution in [2.45, 2.75) is 52.6 Å². The van der Waals surface area contributed by atoms with E-state index in [2.05, 4.69) is 66.3 Å². The van der Waals surface area contributed by atoms with E-state index in [-0.39, 0.29) is 35.9 Å². The van der Waals surface area contributed by atoms with Crippen molar-refractivity contribution in [1.82, 2.24) is 15.1 Å². The van der Waals surface area contributed by atoms with Crippen LogP contribution in [0.5, 0.6) is 0 Å². The molecule has 1 saturated heterocycles. The zero-order valence-corrected chi connectivity index (χ0v) is 21.3. The highest BCUT2D eigenvalue weighted by Gasteiger charge is 2.27. The third-order valence-electron chi connectivity index (χ3n) is 5.59. The Hall–Kier alpha value is -1.35. The number of piperidine rings is 1. The number of benzene rings is 1. The van der Waals surface area contributed by atoms with Crippen LogP contribution in [-0.4, -0.2) is 67.6 Å². The molecule has 1 aliphatic heterocycles. The summed E-state index contributed by atoms with van der Waals surface area (Å²) in [5.41, 5.74) is 1.34. The Labute approximate surface area is 199 Å². The Morgan fingerprint density at radius 3 is 2.53 bits per heavy atom. The van der Waals surface area contributed by atoms with E-state index in [0.29, 0.717) is 12.6 Å². The molecule has 1 atom stereocenters. The molecule has 0 spiro atoms. The highest BCUT2D eigenvalue weighted by molar-refractivity contribution is 14.0. The zero-order valence-electron chi connectivity index (χ0n) is 19.0. The van der Waals surface area contributed by atoms with E-state index in [0.717, 1.165) is 57.9 Å². The number of guanidine groups is 1. The van der Waals surface area contributed by atoms with Crippen LogP contribution in [0.1, 0.15) is 45.6 Å². The number of nitrogens with one attached hydrogen (secondary N) is 1. The molecular weight excluding hydrogens is 491 g/mol. The lowest BCUT2D eigenvalue weighted by molar-refractivity contribution is -0.149. The van der Waals surface area contributed by atoms with Crippen LogP contribution in [0.25, 0.3) is 0 Å². The van der Waals surface area contributed by atoms with Gasteiger partial charge in [0.2, 0.25) is 0 Å². The van der Waals surface area contributed by atoms with Gasteiger partial charge in [-0.1, -0.05) is 30.3 Å². The van der Waals surface area contributed by atoms with Gasteiger partial charge in [0.05, 0.1) is 12.5 Å². The summed E-state index contributed by atoms with van der Waals surface area (Å²) in [6.45, 7) is 11.0. The van der Waals surface area contributed by atoms with Crippen LogP contribution < -0.4 is 5.32 Å². The van der Waals surface area contributed by atoms with Gasteiger partial charge in [0.1, 0.15) is 0 Å². The predicted octanol–water partition coefficient (Wildman–Crippen LogP) is 3.76. The van der Waals surface area contributed by atoms with E-state index in [9.17, 15) is 4.79 Å². The topological polar surface area (TPSA) is 57.2 Å². The maximum absolute atomic E-state index is 12.0. The number of likely N-dealkylation sites (tertiary alicyclic amines) is 1. The number of esters is 1. The van der Waals surface area contributed by atoms with Crippen molar-refractivity contribution in [3.63, 3.8) is 0 Å². The highest BCUT2D eigenvalue weighted by Crippen LogP contribution is 2.19. The van der Waals surface area contributed by atoms with Crippen molar-refractivity contribution in [3.8, 4) is 0 Å². The Bertz CT molecular complexity index is 633. The van der Waals surface area contributed by atoms with E-state index < -0.39 is 0 Å². The van der Waals surface area contributed by atoms with Crippen LogP contribution in [0.2, 0.25) is 0 Å². The van der Waals surface area contributed by atoms with Crippen LogP contribution >= 0.6 is 24.0 Å². The number of carbonyl (C=O) groups excluding carboxylic acids is 1. The second-order valence-corrected chi connectivity index (χ2v) is 7.79. The molecule has 6 nitrogen and oxygen atoms in total. The Morgan fingerprint density at radius 1 is 1.27 bits per heavy atom. The van der Waals surface area contributed by atoms with Crippen LogP contribution in [0.3, 0.4) is 0 Å². The van der Waals surface area contributed by atoms with Gasteiger partial charge < -0.3 is 15.0 Å². The maximum atomic E-state index is 12.0. The monoisotopic (exact) mass is 530 g/mol. The summed E-state index contributed by atoms with van der Waals surface area (Å²) in [5, 5.41) is 3.41. The number of rotatable bonds is 9. The summed E-state index contributed by atoms with van der Waals surface area (Å²) in [5.74, 6) is 0.942. The van der Waals surface area contributed by atoms with Crippen molar-refractivity contribution in [1.29, 1.82) is 0 Å². The summed E-state index contributed by atoms with van der Waals surface area (Å²) in [4.78, 5) is 21.5. The summed E-state index contributed by atoms with van der Waals surface area (Å²) >= 11 is 0. The molecule has 2 rings (SSSR count). The first-order valence-electron chi connectivity index (χ1n) is 11.0. The minimum atomic E-state index is -0.0515. The Morgan fingerprint density at radius 2 is 1.93 bits per heavy atom. The van der Waals surface area contributed by atoms with Crippen LogP contribution in [0, 0.1) is 5.92 Å². The maximum Gasteiger partial charge on any atom is 0.309 e. The molecule has 0 aromatic heterocycles. The van der Waals surface area contributed by atoms with Crippen LogP contribution in [0.15, 0.2) is 35.3 Å². The fraction of sp³-hybridized carbons (Fsp3) is 0.652.